The molecule has 2 rings (SSSR count). The lowest BCUT2D eigenvalue weighted by atomic mass is 10.1. The van der Waals surface area contributed by atoms with Gasteiger partial charge in [0.05, 0.1) is 12.8 Å². The summed E-state index contributed by atoms with van der Waals surface area (Å²) in [7, 11) is 0.415. The van der Waals surface area contributed by atoms with Crippen molar-refractivity contribution in [1.82, 2.24) is 14.5 Å². The summed E-state index contributed by atoms with van der Waals surface area (Å²) in [6, 6.07) is 14.7. The summed E-state index contributed by atoms with van der Waals surface area (Å²) in [5, 5.41) is 2.91. The first-order chi connectivity index (χ1) is 16.5. The number of benzene rings is 2. The van der Waals surface area contributed by atoms with Gasteiger partial charge in [-0.3, -0.25) is 9.59 Å². The molecular formula is C25H36N4O5S. The van der Waals surface area contributed by atoms with Crippen LogP contribution in [0.1, 0.15) is 32.8 Å². The quantitative estimate of drug-likeness (QED) is 0.479. The number of anilines is 1. The van der Waals surface area contributed by atoms with E-state index in [0.29, 0.717) is 11.4 Å². The lowest BCUT2D eigenvalue weighted by Crippen LogP contribution is -2.53. The molecule has 35 heavy (non-hydrogen) atoms. The largest absolute Gasteiger partial charge is 0.497 e. The van der Waals surface area contributed by atoms with Gasteiger partial charge in [-0.1, -0.05) is 37.3 Å². The van der Waals surface area contributed by atoms with Crippen LogP contribution in [0.2, 0.25) is 0 Å². The van der Waals surface area contributed by atoms with Crippen LogP contribution in [-0.4, -0.2) is 69.3 Å². The van der Waals surface area contributed by atoms with Crippen LogP contribution in [0, 0.1) is 0 Å². The number of amides is 2. The van der Waals surface area contributed by atoms with Crippen LogP contribution in [0.4, 0.5) is 5.69 Å². The number of nitrogens with one attached hydrogen (secondary N) is 1. The molecule has 2 amide bonds. The standard InChI is InChI=1S/C25H36N4O5S/c1-7-19(2)26-25(31)20(3)28(17-21-13-15-23(34-6)16-14-21)24(30)18-29(35(32,33)27(4)5)22-11-9-8-10-12-22/h8-16,19-20H,7,17-18H2,1-6H3,(H,26,31). The molecule has 0 heterocycles. The zero-order valence-corrected chi connectivity index (χ0v) is 22.1. The van der Waals surface area contributed by atoms with Crippen LogP contribution in [0.3, 0.4) is 0 Å². The Hall–Kier alpha value is -3.11. The van der Waals surface area contributed by atoms with Crippen molar-refractivity contribution in [3.8, 4) is 5.75 Å². The predicted octanol–water partition coefficient (Wildman–Crippen LogP) is 2.64. The third-order valence-electron chi connectivity index (χ3n) is 5.74. The smallest absolute Gasteiger partial charge is 0.304 e. The molecule has 0 radical (unpaired) electrons. The first-order valence-corrected chi connectivity index (χ1v) is 12.9. The summed E-state index contributed by atoms with van der Waals surface area (Å²) in [6.07, 6.45) is 0.744. The van der Waals surface area contributed by atoms with Crippen LogP contribution >= 0.6 is 0 Å². The van der Waals surface area contributed by atoms with E-state index in [1.54, 1.807) is 56.5 Å². The lowest BCUT2D eigenvalue weighted by molar-refractivity contribution is -0.139. The van der Waals surface area contributed by atoms with Crippen LogP contribution < -0.4 is 14.4 Å². The minimum atomic E-state index is -3.97. The van der Waals surface area contributed by atoms with Crippen molar-refractivity contribution in [1.29, 1.82) is 0 Å². The molecule has 0 aromatic heterocycles. The Balaban J connectivity index is 2.41. The number of hydrogen-bond acceptors (Lipinski definition) is 5. The van der Waals surface area contributed by atoms with Crippen molar-refractivity contribution in [3.05, 3.63) is 60.2 Å². The molecule has 2 aromatic carbocycles. The van der Waals surface area contributed by atoms with E-state index >= 15 is 0 Å². The highest BCUT2D eigenvalue weighted by Gasteiger charge is 2.32. The Morgan fingerprint density at radius 3 is 2.11 bits per heavy atom. The normalized spacial score (nSPS) is 13.1. The molecule has 0 saturated carbocycles. The van der Waals surface area contributed by atoms with Gasteiger partial charge in [0.15, 0.2) is 0 Å². The molecule has 0 aliphatic carbocycles. The van der Waals surface area contributed by atoms with E-state index in [0.717, 1.165) is 20.6 Å². The van der Waals surface area contributed by atoms with Crippen molar-refractivity contribution in [2.45, 2.75) is 45.8 Å². The van der Waals surface area contributed by atoms with Crippen LogP contribution in [0.25, 0.3) is 0 Å². The molecule has 0 spiro atoms. The summed E-state index contributed by atoms with van der Waals surface area (Å²) < 4.78 is 33.5. The molecule has 0 aliphatic heterocycles. The molecule has 0 bridgehead atoms. The molecule has 192 valence electrons. The Morgan fingerprint density at radius 2 is 1.60 bits per heavy atom. The van der Waals surface area contributed by atoms with Crippen molar-refractivity contribution in [3.63, 3.8) is 0 Å². The second kappa shape index (κ2) is 12.6. The van der Waals surface area contributed by atoms with E-state index in [1.165, 1.54) is 19.0 Å². The first kappa shape index (κ1) is 28.1. The number of para-hydroxylation sites is 1. The second-order valence-corrected chi connectivity index (χ2v) is 10.6. The third kappa shape index (κ3) is 7.43. The molecule has 0 fully saturated rings. The highest BCUT2D eigenvalue weighted by molar-refractivity contribution is 7.90. The SMILES string of the molecule is CCC(C)NC(=O)C(C)N(Cc1ccc(OC)cc1)C(=O)CN(c1ccccc1)S(=O)(=O)N(C)C. The van der Waals surface area contributed by atoms with E-state index in [4.69, 9.17) is 4.74 Å². The Bertz CT molecular complexity index is 1070. The number of carbonyl (C=O) groups is 2. The number of nitrogens with zero attached hydrogens (tertiary/aromatic N) is 3. The summed E-state index contributed by atoms with van der Waals surface area (Å²) >= 11 is 0. The molecule has 2 aromatic rings. The Labute approximate surface area is 208 Å². The fourth-order valence-corrected chi connectivity index (χ4v) is 4.34. The lowest BCUT2D eigenvalue weighted by Gasteiger charge is -2.33. The Morgan fingerprint density at radius 1 is 1.00 bits per heavy atom. The number of hydrogen-bond donors (Lipinski definition) is 1. The third-order valence-corrected chi connectivity index (χ3v) is 7.56. The van der Waals surface area contributed by atoms with Gasteiger partial charge in [0.1, 0.15) is 18.3 Å². The fraction of sp³-hybridized carbons (Fsp3) is 0.440. The highest BCUT2D eigenvalue weighted by atomic mass is 32.2. The van der Waals surface area contributed by atoms with E-state index in [1.807, 2.05) is 26.0 Å². The second-order valence-electron chi connectivity index (χ2n) is 8.50. The highest BCUT2D eigenvalue weighted by Crippen LogP contribution is 2.21. The van der Waals surface area contributed by atoms with Gasteiger partial charge >= 0.3 is 10.2 Å². The van der Waals surface area contributed by atoms with Crippen molar-refractivity contribution < 1.29 is 22.7 Å². The number of ether oxygens (including phenoxy) is 1. The summed E-state index contributed by atoms with van der Waals surface area (Å²) in [6.45, 7) is 5.16. The topological polar surface area (TPSA) is 99.3 Å². The number of carbonyl (C=O) groups excluding carboxylic acids is 2. The molecule has 0 aliphatic rings. The van der Waals surface area contributed by atoms with E-state index in [9.17, 15) is 18.0 Å². The molecule has 10 heteroatoms. The van der Waals surface area contributed by atoms with Gasteiger partial charge in [-0.05, 0) is 50.1 Å². The summed E-state index contributed by atoms with van der Waals surface area (Å²) in [4.78, 5) is 28.0. The molecular weight excluding hydrogens is 468 g/mol. The summed E-state index contributed by atoms with van der Waals surface area (Å²) in [5.74, 6) is -0.133. The van der Waals surface area contributed by atoms with E-state index in [2.05, 4.69) is 5.32 Å². The number of rotatable bonds is 12. The molecule has 2 unspecified atom stereocenters. The van der Waals surface area contributed by atoms with Crippen LogP contribution in [0.15, 0.2) is 54.6 Å². The average Bonchev–Trinajstić information content (AvgIpc) is 2.85. The van der Waals surface area contributed by atoms with Gasteiger partial charge in [-0.15, -0.1) is 0 Å². The van der Waals surface area contributed by atoms with Crippen molar-refractivity contribution in [2.75, 3.05) is 32.1 Å². The average molecular weight is 505 g/mol. The molecule has 1 N–H and O–H groups in total. The van der Waals surface area contributed by atoms with Crippen molar-refractivity contribution >= 4 is 27.7 Å². The molecule has 9 nitrogen and oxygen atoms in total. The maximum atomic E-state index is 13.6. The fourth-order valence-electron chi connectivity index (χ4n) is 3.29. The number of methoxy groups -OCH3 is 1. The van der Waals surface area contributed by atoms with Gasteiger partial charge in [-0.2, -0.15) is 12.7 Å². The van der Waals surface area contributed by atoms with Crippen molar-refractivity contribution in [2.24, 2.45) is 0 Å². The van der Waals surface area contributed by atoms with Gasteiger partial charge in [-0.25, -0.2) is 4.31 Å². The maximum absolute atomic E-state index is 13.6. The van der Waals surface area contributed by atoms with Gasteiger partial charge < -0.3 is 15.0 Å². The monoisotopic (exact) mass is 504 g/mol. The van der Waals surface area contributed by atoms with E-state index < -0.39 is 28.7 Å². The minimum absolute atomic E-state index is 0.0576. The zero-order valence-electron chi connectivity index (χ0n) is 21.3. The first-order valence-electron chi connectivity index (χ1n) is 11.5. The van der Waals surface area contributed by atoms with Gasteiger partial charge in [0.2, 0.25) is 11.8 Å². The zero-order chi connectivity index (χ0) is 26.2. The predicted molar refractivity (Wildman–Crippen MR) is 137 cm³/mol. The maximum Gasteiger partial charge on any atom is 0.304 e. The van der Waals surface area contributed by atoms with E-state index in [-0.39, 0.29) is 18.5 Å². The van der Waals surface area contributed by atoms with Gasteiger partial charge in [0.25, 0.3) is 0 Å². The molecule has 0 saturated heterocycles. The minimum Gasteiger partial charge on any atom is -0.497 e. The van der Waals surface area contributed by atoms with Gasteiger partial charge in [0, 0.05) is 26.7 Å². The Kier molecular flexibility index (Phi) is 10.1. The molecule has 2 atom stereocenters. The van der Waals surface area contributed by atoms with Crippen LogP contribution in [0.5, 0.6) is 5.75 Å². The summed E-state index contributed by atoms with van der Waals surface area (Å²) in [5.41, 5.74) is 1.14. The van der Waals surface area contributed by atoms with Crippen LogP contribution in [-0.2, 0) is 26.3 Å².